The standard InChI is InChI=1S/C32H41FN6O2S/c1-5-24-6-7-27(33)26(18-24)29(34-3)20-28(23(2)42-17-16-40)36-25-8-12-35-30(19-25)37-31(21-41)39-14-10-32(11-15-39)9-13-38(4)22-32/h6-8,12,18-20,40H,2,5,9-11,13-17,22H2,1,3-4H3,(H2,35,36,37)/b28-20+,34-29?. The van der Waals surface area contributed by atoms with Crippen molar-refractivity contribution >= 4 is 34.9 Å². The van der Waals surface area contributed by atoms with Crippen LogP contribution in [0.5, 0.6) is 0 Å². The molecule has 3 N–H and O–H groups in total. The number of carbonyl (C=O) groups excluding carboxylic acids is 1. The zero-order chi connectivity index (χ0) is 30.1. The molecule has 4 rings (SSSR count). The van der Waals surface area contributed by atoms with Gasteiger partial charge in [-0.1, -0.05) is 19.6 Å². The van der Waals surface area contributed by atoms with Crippen molar-refractivity contribution in [3.63, 3.8) is 0 Å². The molecule has 1 aromatic carbocycles. The van der Waals surface area contributed by atoms with E-state index in [1.165, 1.54) is 24.2 Å². The Hall–Kier alpha value is -3.43. The van der Waals surface area contributed by atoms with Crippen LogP contribution in [0.3, 0.4) is 0 Å². The third kappa shape index (κ3) is 7.89. The molecule has 2 fully saturated rings. The Kier molecular flexibility index (Phi) is 11.0. The number of allylic oxidation sites excluding steroid dienone is 1. The quantitative estimate of drug-likeness (QED) is 0.181. The molecule has 2 aliphatic heterocycles. The number of rotatable bonds is 12. The number of aliphatic imine (C=N–C) groups is 1. The number of thioether (sulfide) groups is 1. The predicted molar refractivity (Wildman–Crippen MR) is 171 cm³/mol. The average Bonchev–Trinajstić information content (AvgIpc) is 3.37. The largest absolute Gasteiger partial charge is 0.396 e. The summed E-state index contributed by atoms with van der Waals surface area (Å²) in [5.41, 5.74) is 3.53. The lowest BCUT2D eigenvalue weighted by Gasteiger charge is -2.40. The van der Waals surface area contributed by atoms with Crippen molar-refractivity contribution in [2.24, 2.45) is 10.4 Å². The Morgan fingerprint density at radius 2 is 2.00 bits per heavy atom. The van der Waals surface area contributed by atoms with Crippen LogP contribution in [0.1, 0.15) is 37.3 Å². The first-order valence-electron chi connectivity index (χ1n) is 14.4. The maximum atomic E-state index is 14.8. The highest BCUT2D eigenvalue weighted by molar-refractivity contribution is 8.03. The summed E-state index contributed by atoms with van der Waals surface area (Å²) in [6.07, 6.45) is 7.48. The van der Waals surface area contributed by atoms with Crippen molar-refractivity contribution < 1.29 is 14.3 Å². The van der Waals surface area contributed by atoms with Crippen LogP contribution < -0.4 is 10.6 Å². The summed E-state index contributed by atoms with van der Waals surface area (Å²) in [5.74, 6) is 3.06. The van der Waals surface area contributed by atoms with Crippen molar-refractivity contribution in [3.05, 3.63) is 82.6 Å². The van der Waals surface area contributed by atoms with E-state index in [2.05, 4.69) is 50.0 Å². The van der Waals surface area contributed by atoms with Gasteiger partial charge in [0.2, 0.25) is 0 Å². The van der Waals surface area contributed by atoms with Gasteiger partial charge in [-0.05, 0) is 74.5 Å². The Morgan fingerprint density at radius 3 is 2.64 bits per heavy atom. The number of halogens is 1. The monoisotopic (exact) mass is 592 g/mol. The molecule has 0 atom stereocenters. The smallest absolute Gasteiger partial charge is 0.194 e. The van der Waals surface area contributed by atoms with Gasteiger partial charge >= 0.3 is 0 Å². The normalized spacial score (nSPS) is 17.3. The van der Waals surface area contributed by atoms with Gasteiger partial charge in [0.05, 0.1) is 18.0 Å². The molecule has 3 heterocycles. The lowest BCUT2D eigenvalue weighted by molar-refractivity contribution is 0.136. The highest BCUT2D eigenvalue weighted by atomic mass is 32.2. The SMILES string of the molecule is C=C(SCCO)/C(=C\C(=NC)c1cc(CC)ccc1F)Nc1ccnc(NC(=C=O)N2CCC3(CCN(C)C3)CC2)c1. The van der Waals surface area contributed by atoms with Crippen molar-refractivity contribution in [2.45, 2.75) is 32.6 Å². The topological polar surface area (TPSA) is 93.1 Å². The second-order valence-electron chi connectivity index (χ2n) is 10.9. The number of aryl methyl sites for hydroxylation is 1. The third-order valence-electron chi connectivity index (χ3n) is 8.06. The van der Waals surface area contributed by atoms with Gasteiger partial charge < -0.3 is 25.5 Å². The van der Waals surface area contributed by atoms with E-state index in [1.54, 1.807) is 37.5 Å². The summed E-state index contributed by atoms with van der Waals surface area (Å²) in [7, 11) is 3.80. The molecule has 0 bridgehead atoms. The summed E-state index contributed by atoms with van der Waals surface area (Å²) in [4.78, 5) is 25.9. The molecule has 42 heavy (non-hydrogen) atoms. The molecule has 224 valence electrons. The summed E-state index contributed by atoms with van der Waals surface area (Å²) in [6.45, 7) is 10.0. The van der Waals surface area contributed by atoms with E-state index in [4.69, 9.17) is 0 Å². The molecular formula is C32H41FN6O2S. The highest BCUT2D eigenvalue weighted by Crippen LogP contribution is 2.40. The van der Waals surface area contributed by atoms with E-state index in [0.717, 1.165) is 51.0 Å². The first-order chi connectivity index (χ1) is 20.3. The number of hydrogen-bond donors (Lipinski definition) is 3. The van der Waals surface area contributed by atoms with Crippen molar-refractivity contribution in [1.29, 1.82) is 0 Å². The molecule has 0 amide bonds. The molecule has 1 spiro atoms. The number of aromatic nitrogens is 1. The van der Waals surface area contributed by atoms with Crippen molar-refractivity contribution in [3.8, 4) is 0 Å². The van der Waals surface area contributed by atoms with E-state index in [-0.39, 0.29) is 12.4 Å². The number of aliphatic hydroxyl groups excluding tert-OH is 1. The van der Waals surface area contributed by atoms with Gasteiger partial charge in [0.1, 0.15) is 11.6 Å². The molecule has 0 unspecified atom stereocenters. The van der Waals surface area contributed by atoms with Crippen molar-refractivity contribution in [2.75, 3.05) is 63.3 Å². The van der Waals surface area contributed by atoms with Gasteiger partial charge in [-0.2, -0.15) is 0 Å². The molecule has 0 aliphatic carbocycles. The zero-order valence-corrected chi connectivity index (χ0v) is 25.6. The zero-order valence-electron chi connectivity index (χ0n) is 24.8. The lowest BCUT2D eigenvalue weighted by atomic mass is 9.78. The van der Waals surface area contributed by atoms with Crippen LogP contribution in [0.25, 0.3) is 0 Å². The Bertz CT molecular complexity index is 1380. The summed E-state index contributed by atoms with van der Waals surface area (Å²) in [6, 6.07) is 8.64. The maximum Gasteiger partial charge on any atom is 0.194 e. The van der Waals surface area contributed by atoms with Gasteiger partial charge in [-0.25, -0.2) is 14.2 Å². The highest BCUT2D eigenvalue weighted by Gasteiger charge is 2.39. The Morgan fingerprint density at radius 1 is 1.24 bits per heavy atom. The summed E-state index contributed by atoms with van der Waals surface area (Å²) < 4.78 is 14.8. The van der Waals surface area contributed by atoms with E-state index in [1.807, 2.05) is 13.0 Å². The van der Waals surface area contributed by atoms with Crippen LogP contribution >= 0.6 is 11.8 Å². The predicted octanol–water partition coefficient (Wildman–Crippen LogP) is 4.94. The molecule has 0 saturated carbocycles. The number of piperidine rings is 1. The molecule has 2 aromatic rings. The molecular weight excluding hydrogens is 551 g/mol. The maximum absolute atomic E-state index is 14.8. The lowest BCUT2D eigenvalue weighted by Crippen LogP contribution is -2.42. The van der Waals surface area contributed by atoms with Gasteiger partial charge in [-0.3, -0.25) is 4.99 Å². The van der Waals surface area contributed by atoms with E-state index in [0.29, 0.717) is 50.4 Å². The van der Waals surface area contributed by atoms with Crippen LogP contribution in [0, 0.1) is 11.2 Å². The van der Waals surface area contributed by atoms with E-state index < -0.39 is 0 Å². The molecule has 8 nitrogen and oxygen atoms in total. The van der Waals surface area contributed by atoms with Crippen LogP contribution in [-0.2, 0) is 11.2 Å². The number of hydrogen-bond acceptors (Lipinski definition) is 9. The summed E-state index contributed by atoms with van der Waals surface area (Å²) in [5, 5.41) is 15.9. The molecule has 10 heteroatoms. The fourth-order valence-corrected chi connectivity index (χ4v) is 6.22. The number of likely N-dealkylation sites (tertiary alicyclic amines) is 2. The number of pyridine rings is 1. The number of nitrogens with one attached hydrogen (secondary N) is 2. The Labute approximate surface area is 252 Å². The number of aliphatic hydroxyl groups is 1. The minimum Gasteiger partial charge on any atom is -0.396 e. The first-order valence-corrected chi connectivity index (χ1v) is 15.4. The van der Waals surface area contributed by atoms with E-state index >= 15 is 0 Å². The van der Waals surface area contributed by atoms with Crippen LogP contribution in [0.15, 0.2) is 70.6 Å². The Balaban J connectivity index is 1.52. The molecule has 0 radical (unpaired) electrons. The van der Waals surface area contributed by atoms with Gasteiger partial charge in [0.15, 0.2) is 11.8 Å². The van der Waals surface area contributed by atoms with Crippen LogP contribution in [-0.4, -0.2) is 84.2 Å². The van der Waals surface area contributed by atoms with E-state index in [9.17, 15) is 14.3 Å². The molecule has 2 aliphatic rings. The first kappa shape index (κ1) is 31.5. The number of nitrogens with zero attached hydrogens (tertiary/aromatic N) is 4. The fraction of sp³-hybridized carbons (Fsp3) is 0.438. The molecule has 2 saturated heterocycles. The molecule has 1 aromatic heterocycles. The second kappa shape index (κ2) is 14.6. The minimum absolute atomic E-state index is 0.00266. The minimum atomic E-state index is -0.357. The number of anilines is 2. The second-order valence-corrected chi connectivity index (χ2v) is 12.1. The van der Waals surface area contributed by atoms with Gasteiger partial charge in [-0.15, -0.1) is 11.8 Å². The summed E-state index contributed by atoms with van der Waals surface area (Å²) >= 11 is 1.39. The number of benzene rings is 1. The van der Waals surface area contributed by atoms with Crippen LogP contribution in [0.2, 0.25) is 0 Å². The van der Waals surface area contributed by atoms with Gasteiger partial charge in [0, 0.05) is 60.9 Å². The van der Waals surface area contributed by atoms with Gasteiger partial charge in [0.25, 0.3) is 0 Å². The van der Waals surface area contributed by atoms with Crippen LogP contribution in [0.4, 0.5) is 15.9 Å². The fourth-order valence-electron chi connectivity index (χ4n) is 5.62. The van der Waals surface area contributed by atoms with Crippen molar-refractivity contribution in [1.82, 2.24) is 14.8 Å². The average molecular weight is 593 g/mol. The third-order valence-corrected chi connectivity index (χ3v) is 9.01.